The highest BCUT2D eigenvalue weighted by molar-refractivity contribution is 6.30. The Morgan fingerprint density at radius 2 is 1.86 bits per heavy atom. The zero-order valence-electron chi connectivity index (χ0n) is 12.2. The molecule has 2 unspecified atom stereocenters. The van der Waals surface area contributed by atoms with Gasteiger partial charge in [0, 0.05) is 17.0 Å². The molecule has 1 aliphatic rings. The fourth-order valence-electron chi connectivity index (χ4n) is 2.72. The first kappa shape index (κ1) is 14.4. The molecule has 1 N–H and O–H groups in total. The minimum Gasteiger partial charge on any atom is -0.485 e. The second-order valence-corrected chi connectivity index (χ2v) is 6.30. The molecule has 1 heterocycles. The molecule has 0 spiro atoms. The first-order valence-corrected chi connectivity index (χ1v) is 7.66. The first-order valence-electron chi connectivity index (χ1n) is 7.28. The van der Waals surface area contributed by atoms with Crippen LogP contribution in [0.3, 0.4) is 0 Å². The summed E-state index contributed by atoms with van der Waals surface area (Å²) in [6, 6.07) is 13.8. The zero-order chi connectivity index (χ0) is 15.0. The average molecular weight is 303 g/mol. The van der Waals surface area contributed by atoms with E-state index in [1.165, 1.54) is 5.56 Å². The van der Waals surface area contributed by atoms with E-state index < -0.39 is 6.10 Å². The van der Waals surface area contributed by atoms with Gasteiger partial charge < -0.3 is 9.84 Å². The number of hydrogen-bond acceptors (Lipinski definition) is 2. The van der Waals surface area contributed by atoms with E-state index >= 15 is 0 Å². The van der Waals surface area contributed by atoms with Crippen LogP contribution < -0.4 is 4.74 Å². The molecule has 0 saturated carbocycles. The van der Waals surface area contributed by atoms with E-state index in [2.05, 4.69) is 38.1 Å². The van der Waals surface area contributed by atoms with Gasteiger partial charge in [-0.2, -0.15) is 0 Å². The molecule has 21 heavy (non-hydrogen) atoms. The first-order chi connectivity index (χ1) is 10.0. The van der Waals surface area contributed by atoms with Gasteiger partial charge in [-0.25, -0.2) is 0 Å². The van der Waals surface area contributed by atoms with E-state index in [0.717, 1.165) is 16.9 Å². The molecular formula is C18H19ClO2. The van der Waals surface area contributed by atoms with Crippen molar-refractivity contribution in [3.05, 3.63) is 64.2 Å². The Hall–Kier alpha value is -1.51. The molecule has 0 bridgehead atoms. The van der Waals surface area contributed by atoms with Crippen molar-refractivity contribution >= 4 is 11.6 Å². The zero-order valence-corrected chi connectivity index (χ0v) is 13.0. The van der Waals surface area contributed by atoms with Crippen molar-refractivity contribution in [2.75, 3.05) is 0 Å². The van der Waals surface area contributed by atoms with E-state index in [-0.39, 0.29) is 6.10 Å². The summed E-state index contributed by atoms with van der Waals surface area (Å²) in [5.74, 6) is 1.23. The Morgan fingerprint density at radius 1 is 1.14 bits per heavy atom. The Balaban J connectivity index is 1.86. The van der Waals surface area contributed by atoms with Gasteiger partial charge in [-0.1, -0.05) is 49.7 Å². The quantitative estimate of drug-likeness (QED) is 0.844. The molecular weight excluding hydrogens is 284 g/mol. The van der Waals surface area contributed by atoms with Gasteiger partial charge >= 0.3 is 0 Å². The molecule has 0 aromatic heterocycles. The molecule has 3 rings (SSSR count). The highest BCUT2D eigenvalue weighted by Gasteiger charge is 2.28. The fourth-order valence-corrected chi connectivity index (χ4v) is 2.90. The summed E-state index contributed by atoms with van der Waals surface area (Å²) in [5.41, 5.74) is 3.18. The Morgan fingerprint density at radius 3 is 2.52 bits per heavy atom. The van der Waals surface area contributed by atoms with Crippen LogP contribution in [-0.4, -0.2) is 5.11 Å². The highest BCUT2D eigenvalue weighted by Crippen LogP contribution is 2.41. The summed E-state index contributed by atoms with van der Waals surface area (Å²) >= 11 is 5.98. The number of aliphatic hydroxyl groups is 1. The second-order valence-electron chi connectivity index (χ2n) is 5.86. The third-order valence-electron chi connectivity index (χ3n) is 4.01. The standard InChI is InChI=1S/C18H19ClO2/c1-11(2)12-3-5-13(6-4-12)18-10-16(20)15-9-14(19)7-8-17(15)21-18/h3-9,11,16,18,20H,10H2,1-2H3. The molecule has 3 heteroatoms. The van der Waals surface area contributed by atoms with Gasteiger partial charge in [0.1, 0.15) is 11.9 Å². The molecule has 0 radical (unpaired) electrons. The van der Waals surface area contributed by atoms with Crippen molar-refractivity contribution in [1.29, 1.82) is 0 Å². The molecule has 0 aliphatic carbocycles. The van der Waals surface area contributed by atoms with Crippen molar-refractivity contribution in [3.63, 3.8) is 0 Å². The SMILES string of the molecule is CC(C)c1ccc(C2CC(O)c3cc(Cl)ccc3O2)cc1. The topological polar surface area (TPSA) is 29.5 Å². The molecule has 2 aromatic rings. The van der Waals surface area contributed by atoms with Crippen LogP contribution in [0.5, 0.6) is 5.75 Å². The van der Waals surface area contributed by atoms with E-state index in [1.54, 1.807) is 12.1 Å². The summed E-state index contributed by atoms with van der Waals surface area (Å²) in [6.45, 7) is 4.35. The molecule has 2 aromatic carbocycles. The Bertz CT molecular complexity index is 634. The molecule has 0 amide bonds. The molecule has 0 saturated heterocycles. The minimum atomic E-state index is -0.540. The molecule has 110 valence electrons. The molecule has 2 atom stereocenters. The van der Waals surface area contributed by atoms with Gasteiger partial charge in [0.2, 0.25) is 0 Å². The lowest BCUT2D eigenvalue weighted by Crippen LogP contribution is -2.19. The maximum absolute atomic E-state index is 10.3. The number of aliphatic hydroxyl groups excluding tert-OH is 1. The predicted octanol–water partition coefficient (Wildman–Crippen LogP) is 5.02. The van der Waals surface area contributed by atoms with Crippen LogP contribution >= 0.6 is 11.6 Å². The lowest BCUT2D eigenvalue weighted by molar-refractivity contribution is 0.0657. The summed E-state index contributed by atoms with van der Waals surface area (Å²) in [6.07, 6.45) is -0.105. The van der Waals surface area contributed by atoms with Gasteiger partial charge in [0.15, 0.2) is 0 Å². The molecule has 2 nitrogen and oxygen atoms in total. The lowest BCUT2D eigenvalue weighted by Gasteiger charge is -2.30. The van der Waals surface area contributed by atoms with Gasteiger partial charge in [-0.05, 0) is 35.2 Å². The van der Waals surface area contributed by atoms with Gasteiger partial charge in [-0.3, -0.25) is 0 Å². The van der Waals surface area contributed by atoms with Crippen LogP contribution in [0, 0.1) is 0 Å². The summed E-state index contributed by atoms with van der Waals surface area (Å²) < 4.78 is 6.03. The predicted molar refractivity (Wildman–Crippen MR) is 84.9 cm³/mol. The fraction of sp³-hybridized carbons (Fsp3) is 0.333. The Labute approximate surface area is 130 Å². The second kappa shape index (κ2) is 5.70. The van der Waals surface area contributed by atoms with Gasteiger partial charge in [-0.15, -0.1) is 0 Å². The van der Waals surface area contributed by atoms with Gasteiger partial charge in [0.25, 0.3) is 0 Å². The lowest BCUT2D eigenvalue weighted by atomic mass is 9.93. The van der Waals surface area contributed by atoms with Crippen molar-refractivity contribution in [3.8, 4) is 5.75 Å². The minimum absolute atomic E-state index is 0.116. The number of fused-ring (bicyclic) bond motifs is 1. The van der Waals surface area contributed by atoms with Crippen molar-refractivity contribution in [2.24, 2.45) is 0 Å². The number of rotatable bonds is 2. The van der Waals surface area contributed by atoms with Crippen molar-refractivity contribution < 1.29 is 9.84 Å². The third-order valence-corrected chi connectivity index (χ3v) is 4.25. The van der Waals surface area contributed by atoms with Crippen LogP contribution in [0.4, 0.5) is 0 Å². The smallest absolute Gasteiger partial charge is 0.127 e. The van der Waals surface area contributed by atoms with Crippen LogP contribution in [0.25, 0.3) is 0 Å². The summed E-state index contributed by atoms with van der Waals surface area (Å²) in [7, 11) is 0. The normalized spacial score (nSPS) is 21.0. The number of halogens is 1. The molecule has 1 aliphatic heterocycles. The van der Waals surface area contributed by atoms with Crippen LogP contribution in [0.1, 0.15) is 55.1 Å². The summed E-state index contributed by atoms with van der Waals surface area (Å²) in [4.78, 5) is 0. The van der Waals surface area contributed by atoms with Crippen molar-refractivity contribution in [1.82, 2.24) is 0 Å². The average Bonchev–Trinajstić information content (AvgIpc) is 2.48. The summed E-state index contributed by atoms with van der Waals surface area (Å²) in [5, 5.41) is 10.9. The van der Waals surface area contributed by atoms with Gasteiger partial charge in [0.05, 0.1) is 6.10 Å². The number of benzene rings is 2. The maximum Gasteiger partial charge on any atom is 0.127 e. The maximum atomic E-state index is 10.3. The number of hydrogen-bond donors (Lipinski definition) is 1. The van der Waals surface area contributed by atoms with Crippen molar-refractivity contribution in [2.45, 2.75) is 38.4 Å². The third kappa shape index (κ3) is 2.92. The highest BCUT2D eigenvalue weighted by atomic mass is 35.5. The molecule has 0 fully saturated rings. The van der Waals surface area contributed by atoms with E-state index in [4.69, 9.17) is 16.3 Å². The Kier molecular flexibility index (Phi) is 3.92. The van der Waals surface area contributed by atoms with E-state index in [1.807, 2.05) is 6.07 Å². The monoisotopic (exact) mass is 302 g/mol. The largest absolute Gasteiger partial charge is 0.485 e. The van der Waals surface area contributed by atoms with E-state index in [0.29, 0.717) is 17.4 Å². The van der Waals surface area contributed by atoms with Crippen LogP contribution in [-0.2, 0) is 0 Å². The van der Waals surface area contributed by atoms with Crippen LogP contribution in [0.15, 0.2) is 42.5 Å². The number of ether oxygens (including phenoxy) is 1. The van der Waals surface area contributed by atoms with Crippen LogP contribution in [0.2, 0.25) is 5.02 Å². The van der Waals surface area contributed by atoms with E-state index in [9.17, 15) is 5.11 Å².